The van der Waals surface area contributed by atoms with Crippen LogP contribution in [0.4, 0.5) is 5.95 Å². The molecule has 5 rings (SSSR count). The third-order valence-electron chi connectivity index (χ3n) is 5.88. The third-order valence-corrected chi connectivity index (χ3v) is 6.47. The molecule has 10 heteroatoms. The Bertz CT molecular complexity index is 1320. The molecule has 1 aliphatic carbocycles. The van der Waals surface area contributed by atoms with Crippen LogP contribution >= 0.6 is 15.9 Å². The number of aromatic nitrogens is 5. The highest BCUT2D eigenvalue weighted by atomic mass is 79.9. The summed E-state index contributed by atoms with van der Waals surface area (Å²) in [5.41, 5.74) is 2.27. The Morgan fingerprint density at radius 3 is 2.97 bits per heavy atom. The Balaban J connectivity index is 1.51. The maximum Gasteiger partial charge on any atom is 0.224 e. The molecule has 2 N–H and O–H groups in total. The Morgan fingerprint density at radius 1 is 1.28 bits per heavy atom. The first-order valence-electron chi connectivity index (χ1n) is 10.4. The van der Waals surface area contributed by atoms with E-state index in [2.05, 4.69) is 41.6 Å². The lowest BCUT2D eigenvalue weighted by Crippen LogP contribution is -2.27. The summed E-state index contributed by atoms with van der Waals surface area (Å²) < 4.78 is 7.99. The fourth-order valence-corrected chi connectivity index (χ4v) is 4.72. The van der Waals surface area contributed by atoms with Crippen LogP contribution in [0.15, 0.2) is 41.3 Å². The van der Waals surface area contributed by atoms with Crippen LogP contribution < -0.4 is 15.4 Å². The maximum absolute atomic E-state index is 11.9. The largest absolute Gasteiger partial charge is 0.494 e. The van der Waals surface area contributed by atoms with Crippen LogP contribution in [0.25, 0.3) is 27.6 Å². The lowest BCUT2D eigenvalue weighted by atomic mass is 10.1. The average molecular weight is 496 g/mol. The molecule has 9 nitrogen and oxygen atoms in total. The number of halogens is 1. The molecule has 1 amide bonds. The smallest absolute Gasteiger partial charge is 0.224 e. The minimum absolute atomic E-state index is 0.0274. The number of nitrogens with zero attached hydrogens (tertiary/aromatic N) is 5. The number of hydrogen-bond donors (Lipinski definition) is 2. The molecule has 0 aliphatic heterocycles. The van der Waals surface area contributed by atoms with Crippen molar-refractivity contribution < 1.29 is 9.53 Å². The number of benzene rings is 1. The van der Waals surface area contributed by atoms with Crippen LogP contribution in [0.5, 0.6) is 5.75 Å². The van der Waals surface area contributed by atoms with E-state index in [4.69, 9.17) is 9.72 Å². The van der Waals surface area contributed by atoms with Gasteiger partial charge in [-0.15, -0.1) is 0 Å². The first kappa shape index (κ1) is 20.6. The summed E-state index contributed by atoms with van der Waals surface area (Å²) in [6.45, 7) is 0. The average Bonchev–Trinajstić information content (AvgIpc) is 3.42. The van der Waals surface area contributed by atoms with Crippen molar-refractivity contribution in [2.24, 2.45) is 5.92 Å². The van der Waals surface area contributed by atoms with E-state index < -0.39 is 0 Å². The summed E-state index contributed by atoms with van der Waals surface area (Å²) in [7, 11) is 3.30. The van der Waals surface area contributed by atoms with Gasteiger partial charge >= 0.3 is 0 Å². The van der Waals surface area contributed by atoms with E-state index >= 15 is 0 Å². The van der Waals surface area contributed by atoms with Crippen molar-refractivity contribution in [1.29, 1.82) is 0 Å². The first-order valence-corrected chi connectivity index (χ1v) is 11.2. The molecular formula is C22H22BrN7O2. The highest BCUT2D eigenvalue weighted by molar-refractivity contribution is 9.10. The van der Waals surface area contributed by atoms with Gasteiger partial charge in [0.1, 0.15) is 15.9 Å². The van der Waals surface area contributed by atoms with Gasteiger partial charge in [0, 0.05) is 42.9 Å². The lowest BCUT2D eigenvalue weighted by molar-refractivity contribution is -0.124. The molecular weight excluding hydrogens is 474 g/mol. The molecule has 1 saturated carbocycles. The molecule has 1 aliphatic rings. The molecule has 0 spiro atoms. The number of amides is 1. The predicted molar refractivity (Wildman–Crippen MR) is 125 cm³/mol. The lowest BCUT2D eigenvalue weighted by Gasteiger charge is -2.13. The topological polar surface area (TPSA) is 107 Å². The van der Waals surface area contributed by atoms with Gasteiger partial charge in [-0.25, -0.2) is 9.67 Å². The minimum Gasteiger partial charge on any atom is -0.494 e. The van der Waals surface area contributed by atoms with E-state index in [0.29, 0.717) is 21.9 Å². The van der Waals surface area contributed by atoms with Crippen LogP contribution in [0.3, 0.4) is 0 Å². The van der Waals surface area contributed by atoms with Crippen molar-refractivity contribution in [3.05, 3.63) is 41.3 Å². The number of fused-ring (bicyclic) bond motifs is 2. The number of ether oxygens (including phenoxy) is 1. The van der Waals surface area contributed by atoms with E-state index in [-0.39, 0.29) is 17.9 Å². The molecule has 4 aromatic rings. The fraction of sp³-hybridized carbons (Fsp3) is 0.318. The van der Waals surface area contributed by atoms with Gasteiger partial charge in [-0.2, -0.15) is 10.1 Å². The molecule has 0 radical (unpaired) electrons. The van der Waals surface area contributed by atoms with Crippen molar-refractivity contribution in [2.45, 2.75) is 25.3 Å². The SMILES string of the molecule is CNC(=O)[C@@H]1CC[C@@H](Nc2ncc3c(Br)nn(-c4cc(OC)c5ncccc5c4)c3n2)C1. The minimum atomic E-state index is 0.0274. The van der Waals surface area contributed by atoms with E-state index in [9.17, 15) is 4.79 Å². The molecule has 0 saturated heterocycles. The van der Waals surface area contributed by atoms with Gasteiger partial charge in [0.25, 0.3) is 0 Å². The Hall–Kier alpha value is -3.27. The molecule has 2 atom stereocenters. The zero-order chi connectivity index (χ0) is 22.2. The number of rotatable bonds is 5. The van der Waals surface area contributed by atoms with Gasteiger partial charge in [0.15, 0.2) is 5.65 Å². The fourth-order valence-electron chi connectivity index (χ4n) is 4.28. The number of pyridine rings is 1. The standard InChI is InChI=1S/C22H22BrN7O2/c1-24-21(31)13-5-6-14(8-13)27-22-26-11-16-19(23)29-30(20(16)28-22)15-9-12-4-3-7-25-18(12)17(10-15)32-2/h3-4,7,9-11,13-14H,5-6,8H2,1-2H3,(H,24,31)(H,26,27,28)/t13-,14-/m1/s1. The van der Waals surface area contributed by atoms with E-state index in [1.165, 1.54) is 0 Å². The summed E-state index contributed by atoms with van der Waals surface area (Å²) >= 11 is 3.52. The van der Waals surface area contributed by atoms with Gasteiger partial charge in [-0.05, 0) is 47.3 Å². The van der Waals surface area contributed by atoms with E-state index in [1.807, 2.05) is 24.3 Å². The molecule has 1 aromatic carbocycles. The zero-order valence-corrected chi connectivity index (χ0v) is 19.3. The number of carbonyl (C=O) groups excluding carboxylic acids is 1. The zero-order valence-electron chi connectivity index (χ0n) is 17.7. The van der Waals surface area contributed by atoms with Crippen molar-refractivity contribution in [3.63, 3.8) is 0 Å². The second-order valence-corrected chi connectivity index (χ2v) is 8.57. The predicted octanol–water partition coefficient (Wildman–Crippen LogP) is 3.46. The van der Waals surface area contributed by atoms with Crippen LogP contribution in [0.1, 0.15) is 19.3 Å². The normalized spacial score (nSPS) is 18.2. The van der Waals surface area contributed by atoms with Crippen LogP contribution in [0.2, 0.25) is 0 Å². The summed E-state index contributed by atoms with van der Waals surface area (Å²) in [5.74, 6) is 1.30. The summed E-state index contributed by atoms with van der Waals surface area (Å²) in [6.07, 6.45) is 6.01. The summed E-state index contributed by atoms with van der Waals surface area (Å²) in [6, 6.07) is 7.93. The molecule has 1 fully saturated rings. The first-order chi connectivity index (χ1) is 15.6. The Labute approximate surface area is 192 Å². The summed E-state index contributed by atoms with van der Waals surface area (Å²) in [4.78, 5) is 25.6. The van der Waals surface area contributed by atoms with Crippen LogP contribution in [-0.2, 0) is 4.79 Å². The number of carbonyl (C=O) groups is 1. The van der Waals surface area contributed by atoms with Gasteiger partial charge in [0.05, 0.1) is 18.2 Å². The molecule has 164 valence electrons. The second-order valence-electron chi connectivity index (χ2n) is 7.82. The van der Waals surface area contributed by atoms with Crippen LogP contribution in [0, 0.1) is 5.92 Å². The molecule has 3 heterocycles. The Morgan fingerprint density at radius 2 is 2.16 bits per heavy atom. The number of anilines is 1. The highest BCUT2D eigenvalue weighted by Crippen LogP contribution is 2.32. The summed E-state index contributed by atoms with van der Waals surface area (Å²) in [5, 5.41) is 12.5. The Kier molecular flexibility index (Phi) is 5.38. The van der Waals surface area contributed by atoms with Crippen molar-refractivity contribution in [1.82, 2.24) is 30.0 Å². The number of nitrogens with one attached hydrogen (secondary N) is 2. The van der Waals surface area contributed by atoms with E-state index in [1.54, 1.807) is 31.2 Å². The van der Waals surface area contributed by atoms with Crippen LogP contribution in [-0.4, -0.2) is 50.8 Å². The molecule has 0 unspecified atom stereocenters. The monoisotopic (exact) mass is 495 g/mol. The third kappa shape index (κ3) is 3.64. The van der Waals surface area contributed by atoms with Gasteiger partial charge in [-0.3, -0.25) is 9.78 Å². The van der Waals surface area contributed by atoms with Crippen molar-refractivity contribution >= 4 is 49.7 Å². The van der Waals surface area contributed by atoms with Gasteiger partial charge in [0.2, 0.25) is 11.9 Å². The molecule has 3 aromatic heterocycles. The quantitative estimate of drug-likeness (QED) is 0.436. The maximum atomic E-state index is 11.9. The van der Waals surface area contributed by atoms with Gasteiger partial charge < -0.3 is 15.4 Å². The van der Waals surface area contributed by atoms with Crippen molar-refractivity contribution in [2.75, 3.05) is 19.5 Å². The van der Waals surface area contributed by atoms with E-state index in [0.717, 1.165) is 41.2 Å². The van der Waals surface area contributed by atoms with Crippen molar-refractivity contribution in [3.8, 4) is 11.4 Å². The number of methoxy groups -OCH3 is 1. The van der Waals surface area contributed by atoms with Gasteiger partial charge in [-0.1, -0.05) is 6.07 Å². The molecule has 0 bridgehead atoms. The second kappa shape index (κ2) is 8.34. The molecule has 32 heavy (non-hydrogen) atoms. The highest BCUT2D eigenvalue weighted by Gasteiger charge is 2.29. The number of hydrogen-bond acceptors (Lipinski definition) is 7.